The lowest BCUT2D eigenvalue weighted by molar-refractivity contribution is 0.0876. The van der Waals surface area contributed by atoms with Gasteiger partial charge in [-0.25, -0.2) is 19.0 Å². The van der Waals surface area contributed by atoms with Crippen LogP contribution in [0.5, 0.6) is 11.5 Å². The van der Waals surface area contributed by atoms with E-state index in [-0.39, 0.29) is 17.4 Å². The van der Waals surface area contributed by atoms with E-state index in [0.29, 0.717) is 11.5 Å². The molecule has 9 heteroatoms. The Balaban J connectivity index is 1.44. The third-order valence-corrected chi connectivity index (χ3v) is 5.92. The van der Waals surface area contributed by atoms with Crippen molar-refractivity contribution in [3.05, 3.63) is 109 Å². The van der Waals surface area contributed by atoms with E-state index in [4.69, 9.17) is 9.47 Å². The number of hydrogen-bond donors (Lipinski definition) is 1. The SMILES string of the molecule is COc1cccc(C(Oc2ccc3c(cnn3-c3ccc(F)cc3)c2)C(C)NC(=O)c2ccncn2)c1. The molecular formula is C28H24FN5O3. The Hall–Kier alpha value is -4.79. The number of aromatic nitrogens is 4. The zero-order chi connectivity index (χ0) is 25.8. The summed E-state index contributed by atoms with van der Waals surface area (Å²) >= 11 is 0. The molecule has 2 heterocycles. The molecule has 0 aliphatic carbocycles. The van der Waals surface area contributed by atoms with Gasteiger partial charge in [-0.05, 0) is 73.2 Å². The Labute approximate surface area is 212 Å². The van der Waals surface area contributed by atoms with Crippen molar-refractivity contribution < 1.29 is 18.7 Å². The van der Waals surface area contributed by atoms with E-state index >= 15 is 0 Å². The standard InChI is InChI=1S/C28H24FN5O3/c1-18(33-28(35)25-12-13-30-17-31-25)27(19-4-3-5-23(14-19)36-2)37-24-10-11-26-20(15-24)16-32-34(26)22-8-6-21(29)7-9-22/h3-18,27H,1-2H3,(H,33,35). The van der Waals surface area contributed by atoms with Crippen molar-refractivity contribution >= 4 is 16.8 Å². The van der Waals surface area contributed by atoms with Gasteiger partial charge >= 0.3 is 0 Å². The van der Waals surface area contributed by atoms with Gasteiger partial charge in [0, 0.05) is 11.6 Å². The van der Waals surface area contributed by atoms with Crippen molar-refractivity contribution in [3.63, 3.8) is 0 Å². The predicted molar refractivity (Wildman–Crippen MR) is 136 cm³/mol. The van der Waals surface area contributed by atoms with Crippen molar-refractivity contribution in [1.29, 1.82) is 0 Å². The van der Waals surface area contributed by atoms with Crippen LogP contribution in [0.4, 0.5) is 4.39 Å². The van der Waals surface area contributed by atoms with Crippen LogP contribution in [0.2, 0.25) is 0 Å². The fourth-order valence-corrected chi connectivity index (χ4v) is 4.08. The summed E-state index contributed by atoms with van der Waals surface area (Å²) in [6.45, 7) is 1.87. The largest absolute Gasteiger partial charge is 0.497 e. The Morgan fingerprint density at radius 1 is 1.03 bits per heavy atom. The summed E-state index contributed by atoms with van der Waals surface area (Å²) in [7, 11) is 1.60. The molecule has 0 bridgehead atoms. The number of fused-ring (bicyclic) bond motifs is 1. The van der Waals surface area contributed by atoms with Crippen LogP contribution < -0.4 is 14.8 Å². The van der Waals surface area contributed by atoms with E-state index in [9.17, 15) is 9.18 Å². The molecule has 0 fully saturated rings. The smallest absolute Gasteiger partial charge is 0.270 e. The molecule has 37 heavy (non-hydrogen) atoms. The second-order valence-electron chi connectivity index (χ2n) is 8.43. The van der Waals surface area contributed by atoms with Gasteiger partial charge in [0.25, 0.3) is 5.91 Å². The van der Waals surface area contributed by atoms with Crippen molar-refractivity contribution in [2.24, 2.45) is 0 Å². The number of carbonyl (C=O) groups excluding carboxylic acids is 1. The van der Waals surface area contributed by atoms with Crippen molar-refractivity contribution in [2.45, 2.75) is 19.1 Å². The number of ether oxygens (including phenoxy) is 2. The maximum atomic E-state index is 13.4. The van der Waals surface area contributed by atoms with Gasteiger partial charge in [-0.3, -0.25) is 4.79 Å². The molecule has 0 aliphatic heterocycles. The van der Waals surface area contributed by atoms with E-state index in [1.165, 1.54) is 24.7 Å². The van der Waals surface area contributed by atoms with Gasteiger partial charge in [0.1, 0.15) is 35.4 Å². The lowest BCUT2D eigenvalue weighted by atomic mass is 10.0. The van der Waals surface area contributed by atoms with Crippen LogP contribution in [0.1, 0.15) is 29.1 Å². The number of nitrogens with one attached hydrogen (secondary N) is 1. The minimum Gasteiger partial charge on any atom is -0.497 e. The van der Waals surface area contributed by atoms with E-state index in [1.807, 2.05) is 49.4 Å². The van der Waals surface area contributed by atoms with Crippen LogP contribution in [0, 0.1) is 5.82 Å². The van der Waals surface area contributed by atoms with Crippen LogP contribution in [0.25, 0.3) is 16.6 Å². The summed E-state index contributed by atoms with van der Waals surface area (Å²) in [5.74, 6) is 0.640. The maximum absolute atomic E-state index is 13.4. The lowest BCUT2D eigenvalue weighted by Crippen LogP contribution is -2.39. The molecule has 2 unspecified atom stereocenters. The number of halogens is 1. The van der Waals surface area contributed by atoms with Crippen LogP contribution in [0.3, 0.4) is 0 Å². The molecule has 5 rings (SSSR count). The second kappa shape index (κ2) is 10.4. The molecule has 0 aliphatic rings. The summed E-state index contributed by atoms with van der Waals surface area (Å²) in [4.78, 5) is 20.7. The molecule has 3 aromatic carbocycles. The molecule has 0 saturated carbocycles. The lowest BCUT2D eigenvalue weighted by Gasteiger charge is -2.27. The van der Waals surface area contributed by atoms with Gasteiger partial charge in [-0.15, -0.1) is 0 Å². The molecule has 2 atom stereocenters. The summed E-state index contributed by atoms with van der Waals surface area (Å²) in [6, 6.07) is 20.4. The quantitative estimate of drug-likeness (QED) is 0.328. The number of hydrogen-bond acceptors (Lipinski definition) is 6. The fraction of sp³-hybridized carbons (Fsp3) is 0.143. The van der Waals surface area contributed by atoms with E-state index < -0.39 is 12.1 Å². The summed E-state index contributed by atoms with van der Waals surface area (Å²) in [5.41, 5.74) is 2.69. The average Bonchev–Trinajstić information content (AvgIpc) is 3.36. The Bertz CT molecular complexity index is 1520. The summed E-state index contributed by atoms with van der Waals surface area (Å²) in [5, 5.41) is 8.29. The molecule has 2 aromatic heterocycles. The average molecular weight is 498 g/mol. The highest BCUT2D eigenvalue weighted by Crippen LogP contribution is 2.30. The molecule has 8 nitrogen and oxygen atoms in total. The Morgan fingerprint density at radius 3 is 2.62 bits per heavy atom. The van der Waals surface area contributed by atoms with Gasteiger partial charge < -0.3 is 14.8 Å². The number of rotatable bonds is 8. The molecule has 0 spiro atoms. The normalized spacial score (nSPS) is 12.6. The predicted octanol–water partition coefficient (Wildman–Crippen LogP) is 4.90. The van der Waals surface area contributed by atoms with Crippen molar-refractivity contribution in [3.8, 4) is 17.2 Å². The summed E-state index contributed by atoms with van der Waals surface area (Å²) in [6.07, 6.45) is 4.04. The third kappa shape index (κ3) is 5.25. The van der Waals surface area contributed by atoms with Crippen LogP contribution in [-0.2, 0) is 0 Å². The third-order valence-electron chi connectivity index (χ3n) is 5.92. The first-order valence-electron chi connectivity index (χ1n) is 11.6. The maximum Gasteiger partial charge on any atom is 0.270 e. The summed E-state index contributed by atoms with van der Waals surface area (Å²) < 4.78 is 26.9. The Morgan fingerprint density at radius 2 is 1.86 bits per heavy atom. The molecular weight excluding hydrogens is 473 g/mol. The van der Waals surface area contributed by atoms with E-state index in [0.717, 1.165) is 22.2 Å². The molecule has 0 radical (unpaired) electrons. The highest BCUT2D eigenvalue weighted by atomic mass is 19.1. The number of methoxy groups -OCH3 is 1. The van der Waals surface area contributed by atoms with Crippen LogP contribution in [-0.4, -0.2) is 38.8 Å². The van der Waals surface area contributed by atoms with Crippen LogP contribution in [0.15, 0.2) is 91.5 Å². The highest BCUT2D eigenvalue weighted by Gasteiger charge is 2.25. The first-order valence-corrected chi connectivity index (χ1v) is 11.6. The van der Waals surface area contributed by atoms with Crippen LogP contribution >= 0.6 is 0 Å². The van der Waals surface area contributed by atoms with Crippen molar-refractivity contribution in [2.75, 3.05) is 7.11 Å². The first kappa shape index (κ1) is 23.9. The number of carbonyl (C=O) groups is 1. The van der Waals surface area contributed by atoms with Gasteiger partial charge in [0.15, 0.2) is 0 Å². The topological polar surface area (TPSA) is 91.2 Å². The first-order chi connectivity index (χ1) is 18.0. The highest BCUT2D eigenvalue weighted by molar-refractivity contribution is 5.92. The Kier molecular flexibility index (Phi) is 6.76. The van der Waals surface area contributed by atoms with Gasteiger partial charge in [0.2, 0.25) is 0 Å². The van der Waals surface area contributed by atoms with Crippen molar-refractivity contribution in [1.82, 2.24) is 25.1 Å². The zero-order valence-electron chi connectivity index (χ0n) is 20.2. The second-order valence-corrected chi connectivity index (χ2v) is 8.43. The molecule has 0 saturated heterocycles. The number of benzene rings is 3. The van der Waals surface area contributed by atoms with Gasteiger partial charge in [0.05, 0.1) is 30.6 Å². The zero-order valence-corrected chi connectivity index (χ0v) is 20.2. The number of nitrogens with zero attached hydrogens (tertiary/aromatic N) is 4. The molecule has 1 N–H and O–H groups in total. The number of amides is 1. The molecule has 1 amide bonds. The van der Waals surface area contributed by atoms with Gasteiger partial charge in [-0.1, -0.05) is 12.1 Å². The molecule has 186 valence electrons. The van der Waals surface area contributed by atoms with E-state index in [2.05, 4.69) is 20.4 Å². The monoisotopic (exact) mass is 497 g/mol. The van der Waals surface area contributed by atoms with E-state index in [1.54, 1.807) is 36.2 Å². The van der Waals surface area contributed by atoms with Gasteiger partial charge in [-0.2, -0.15) is 5.10 Å². The minimum absolute atomic E-state index is 0.265. The molecule has 5 aromatic rings. The minimum atomic E-state index is -0.537. The fourth-order valence-electron chi connectivity index (χ4n) is 4.08.